The molecule has 1 unspecified atom stereocenters. The van der Waals surface area contributed by atoms with E-state index in [0.717, 1.165) is 5.56 Å². The van der Waals surface area contributed by atoms with E-state index in [2.05, 4.69) is 5.32 Å². The van der Waals surface area contributed by atoms with E-state index in [4.69, 9.17) is 9.47 Å². The lowest BCUT2D eigenvalue weighted by atomic mass is 9.99. The Hall–Kier alpha value is -2.82. The summed E-state index contributed by atoms with van der Waals surface area (Å²) in [5.41, 5.74) is 2.18. The van der Waals surface area contributed by atoms with Crippen LogP contribution in [-0.4, -0.2) is 25.9 Å². The minimum absolute atomic E-state index is 0.0329. The number of nitrogens with one attached hydrogen (secondary N) is 1. The third kappa shape index (κ3) is 4.83. The van der Waals surface area contributed by atoms with Crippen LogP contribution in [-0.2, 0) is 11.2 Å². The van der Waals surface area contributed by atoms with E-state index in [1.165, 1.54) is 6.92 Å². The number of carbonyl (C=O) groups excluding carboxylic acids is 2. The highest BCUT2D eigenvalue weighted by molar-refractivity contribution is 5.97. The van der Waals surface area contributed by atoms with E-state index >= 15 is 0 Å². The van der Waals surface area contributed by atoms with E-state index < -0.39 is 0 Å². The molecule has 5 nitrogen and oxygen atoms in total. The number of anilines is 1. The molecule has 2 rings (SSSR count). The van der Waals surface area contributed by atoms with E-state index in [-0.39, 0.29) is 17.6 Å². The zero-order valence-electron chi connectivity index (χ0n) is 15.0. The number of ketones is 1. The van der Waals surface area contributed by atoms with Gasteiger partial charge >= 0.3 is 0 Å². The molecule has 0 spiro atoms. The van der Waals surface area contributed by atoms with Gasteiger partial charge < -0.3 is 14.8 Å². The number of hydrogen-bond donors (Lipinski definition) is 1. The van der Waals surface area contributed by atoms with Crippen molar-refractivity contribution in [2.24, 2.45) is 5.92 Å². The van der Waals surface area contributed by atoms with Crippen LogP contribution in [0.15, 0.2) is 42.5 Å². The minimum Gasteiger partial charge on any atom is -0.493 e. The summed E-state index contributed by atoms with van der Waals surface area (Å²) in [6.07, 6.45) is 0.568. The molecule has 0 saturated heterocycles. The molecule has 2 aromatic rings. The lowest BCUT2D eigenvalue weighted by Crippen LogP contribution is -2.22. The summed E-state index contributed by atoms with van der Waals surface area (Å²) in [6, 6.07) is 12.6. The Bertz CT molecular complexity index is 770. The molecule has 1 atom stereocenters. The Morgan fingerprint density at radius 1 is 1.04 bits per heavy atom. The fourth-order valence-electron chi connectivity index (χ4n) is 2.54. The Morgan fingerprint density at radius 2 is 1.76 bits per heavy atom. The quantitative estimate of drug-likeness (QED) is 0.780. The first-order chi connectivity index (χ1) is 11.9. The summed E-state index contributed by atoms with van der Waals surface area (Å²) in [4.78, 5) is 23.9. The van der Waals surface area contributed by atoms with Gasteiger partial charge in [-0.3, -0.25) is 9.59 Å². The highest BCUT2D eigenvalue weighted by Gasteiger charge is 2.15. The van der Waals surface area contributed by atoms with Crippen molar-refractivity contribution >= 4 is 17.4 Å². The van der Waals surface area contributed by atoms with Crippen LogP contribution in [0.25, 0.3) is 0 Å². The molecular formula is C20H23NO4. The van der Waals surface area contributed by atoms with Crippen molar-refractivity contribution in [3.8, 4) is 11.5 Å². The predicted octanol–water partition coefficient (Wildman–Crippen LogP) is 3.72. The van der Waals surface area contributed by atoms with Gasteiger partial charge in [-0.25, -0.2) is 0 Å². The average Bonchev–Trinajstić information content (AvgIpc) is 2.61. The third-order valence-electron chi connectivity index (χ3n) is 3.97. The fraction of sp³-hybridized carbons (Fsp3) is 0.300. The second kappa shape index (κ2) is 8.33. The number of methoxy groups -OCH3 is 2. The monoisotopic (exact) mass is 341 g/mol. The third-order valence-corrected chi connectivity index (χ3v) is 3.97. The van der Waals surface area contributed by atoms with Gasteiger partial charge in [0.15, 0.2) is 17.3 Å². The van der Waals surface area contributed by atoms with Crippen molar-refractivity contribution < 1.29 is 19.1 Å². The Labute approximate surface area is 148 Å². The van der Waals surface area contributed by atoms with Gasteiger partial charge in [0.25, 0.3) is 0 Å². The second-order valence-corrected chi connectivity index (χ2v) is 5.92. The fourth-order valence-corrected chi connectivity index (χ4v) is 2.54. The molecule has 0 bridgehead atoms. The van der Waals surface area contributed by atoms with Crippen LogP contribution in [0.5, 0.6) is 11.5 Å². The smallest absolute Gasteiger partial charge is 0.227 e. The maximum Gasteiger partial charge on any atom is 0.227 e. The molecule has 0 aliphatic carbocycles. The predicted molar refractivity (Wildman–Crippen MR) is 97.5 cm³/mol. The Morgan fingerprint density at radius 3 is 2.40 bits per heavy atom. The number of benzene rings is 2. The lowest BCUT2D eigenvalue weighted by Gasteiger charge is -2.14. The van der Waals surface area contributed by atoms with E-state index in [1.54, 1.807) is 38.5 Å². The van der Waals surface area contributed by atoms with Crippen LogP contribution in [0.4, 0.5) is 5.69 Å². The largest absolute Gasteiger partial charge is 0.493 e. The average molecular weight is 341 g/mol. The van der Waals surface area contributed by atoms with Gasteiger partial charge in [-0.1, -0.05) is 25.1 Å². The summed E-state index contributed by atoms with van der Waals surface area (Å²) in [6.45, 7) is 3.36. The van der Waals surface area contributed by atoms with Gasteiger partial charge in [0.1, 0.15) is 0 Å². The molecule has 0 fully saturated rings. The van der Waals surface area contributed by atoms with Crippen molar-refractivity contribution in [2.75, 3.05) is 19.5 Å². The van der Waals surface area contributed by atoms with E-state index in [1.807, 2.05) is 25.1 Å². The van der Waals surface area contributed by atoms with Crippen LogP contribution >= 0.6 is 0 Å². The Balaban J connectivity index is 2.05. The second-order valence-electron chi connectivity index (χ2n) is 5.92. The molecule has 0 aromatic heterocycles. The zero-order valence-corrected chi connectivity index (χ0v) is 15.0. The van der Waals surface area contributed by atoms with Gasteiger partial charge in [-0.05, 0) is 43.2 Å². The van der Waals surface area contributed by atoms with E-state index in [0.29, 0.717) is 29.2 Å². The normalized spacial score (nSPS) is 11.5. The Kier molecular flexibility index (Phi) is 6.17. The van der Waals surface area contributed by atoms with Crippen molar-refractivity contribution in [2.45, 2.75) is 20.3 Å². The number of ether oxygens (including phenoxy) is 2. The first-order valence-electron chi connectivity index (χ1n) is 8.07. The van der Waals surface area contributed by atoms with Gasteiger partial charge in [-0.2, -0.15) is 0 Å². The van der Waals surface area contributed by atoms with Gasteiger partial charge in [0.2, 0.25) is 5.91 Å². The van der Waals surface area contributed by atoms with Crippen molar-refractivity contribution in [1.29, 1.82) is 0 Å². The first kappa shape index (κ1) is 18.5. The number of carbonyl (C=O) groups is 2. The number of hydrogen-bond acceptors (Lipinski definition) is 4. The van der Waals surface area contributed by atoms with Crippen molar-refractivity contribution in [1.82, 2.24) is 0 Å². The summed E-state index contributed by atoms with van der Waals surface area (Å²) in [5, 5.41) is 2.86. The summed E-state index contributed by atoms with van der Waals surface area (Å²) in [7, 11) is 3.17. The topological polar surface area (TPSA) is 64.6 Å². The number of rotatable bonds is 7. The molecule has 0 saturated carbocycles. The zero-order chi connectivity index (χ0) is 18.4. The molecule has 1 amide bonds. The highest BCUT2D eigenvalue weighted by Crippen LogP contribution is 2.28. The van der Waals surface area contributed by atoms with Crippen LogP contribution in [0.1, 0.15) is 29.8 Å². The standard InChI is InChI=1S/C20H23NO4/c1-13(10-15-8-9-18(24-3)19(11-15)25-4)20(23)21-17-7-5-6-16(12-17)14(2)22/h5-9,11-13H,10H2,1-4H3,(H,21,23). The summed E-state index contributed by atoms with van der Waals surface area (Å²) < 4.78 is 10.5. The van der Waals surface area contributed by atoms with E-state index in [9.17, 15) is 9.59 Å². The van der Waals surface area contributed by atoms with Crippen LogP contribution in [0.2, 0.25) is 0 Å². The maximum atomic E-state index is 12.4. The molecule has 5 heteroatoms. The molecule has 132 valence electrons. The van der Waals surface area contributed by atoms with Crippen molar-refractivity contribution in [3.05, 3.63) is 53.6 Å². The summed E-state index contributed by atoms with van der Waals surface area (Å²) in [5.74, 6) is 0.926. The molecule has 0 aliphatic rings. The maximum absolute atomic E-state index is 12.4. The van der Waals surface area contributed by atoms with Gasteiger partial charge in [0, 0.05) is 17.2 Å². The SMILES string of the molecule is COc1ccc(CC(C)C(=O)Nc2cccc(C(C)=O)c2)cc1OC. The molecular weight excluding hydrogens is 318 g/mol. The van der Waals surface area contributed by atoms with Gasteiger partial charge in [-0.15, -0.1) is 0 Å². The number of Topliss-reactive ketones (excluding diaryl/α,β-unsaturated/α-hetero) is 1. The lowest BCUT2D eigenvalue weighted by molar-refractivity contribution is -0.119. The molecule has 25 heavy (non-hydrogen) atoms. The molecule has 0 heterocycles. The van der Waals surface area contributed by atoms with Crippen LogP contribution in [0.3, 0.4) is 0 Å². The highest BCUT2D eigenvalue weighted by atomic mass is 16.5. The molecule has 0 radical (unpaired) electrons. The number of amides is 1. The van der Waals surface area contributed by atoms with Crippen LogP contribution in [0, 0.1) is 5.92 Å². The molecule has 0 aliphatic heterocycles. The van der Waals surface area contributed by atoms with Crippen LogP contribution < -0.4 is 14.8 Å². The molecule has 1 N–H and O–H groups in total. The van der Waals surface area contributed by atoms with Crippen molar-refractivity contribution in [3.63, 3.8) is 0 Å². The first-order valence-corrected chi connectivity index (χ1v) is 8.07. The van der Waals surface area contributed by atoms with Gasteiger partial charge in [0.05, 0.1) is 14.2 Å². The summed E-state index contributed by atoms with van der Waals surface area (Å²) >= 11 is 0. The molecule has 2 aromatic carbocycles. The minimum atomic E-state index is -0.237.